The summed E-state index contributed by atoms with van der Waals surface area (Å²) in [6, 6.07) is 5.89. The first-order valence-electron chi connectivity index (χ1n) is 3.80. The predicted molar refractivity (Wildman–Crippen MR) is 57.9 cm³/mol. The zero-order valence-corrected chi connectivity index (χ0v) is 9.47. The lowest BCUT2D eigenvalue weighted by atomic mass is 10.5. The molecular weight excluding hydrogens is 250 g/mol. The van der Waals surface area contributed by atoms with Gasteiger partial charge < -0.3 is 0 Å². The van der Waals surface area contributed by atoms with Crippen LogP contribution in [0.4, 0.5) is 0 Å². The fourth-order valence-electron chi connectivity index (χ4n) is 1.18. The molecule has 2 heterocycles. The fraction of sp³-hybridized carbons (Fsp3) is 0.250. The molecule has 0 fully saturated rings. The smallest absolute Gasteiger partial charge is 0.161 e. The Morgan fingerprint density at radius 3 is 3.08 bits per heavy atom. The van der Waals surface area contributed by atoms with Crippen molar-refractivity contribution in [2.45, 2.75) is 5.75 Å². The lowest BCUT2D eigenvalue weighted by Gasteiger charge is -1.99. The van der Waals surface area contributed by atoms with Crippen molar-refractivity contribution < 1.29 is 0 Å². The van der Waals surface area contributed by atoms with Gasteiger partial charge in [-0.05, 0) is 34.3 Å². The van der Waals surface area contributed by atoms with Gasteiger partial charge in [-0.1, -0.05) is 6.07 Å². The van der Waals surface area contributed by atoms with Crippen LogP contribution in [-0.2, 0) is 5.75 Å². The van der Waals surface area contributed by atoms with Crippen molar-refractivity contribution in [1.82, 2.24) is 14.6 Å². The van der Waals surface area contributed by atoms with Crippen LogP contribution in [0.1, 0.15) is 5.82 Å². The molecule has 2 aromatic rings. The van der Waals surface area contributed by atoms with Crippen LogP contribution in [0, 0.1) is 0 Å². The predicted octanol–water partition coefficient (Wildman–Crippen LogP) is 2.35. The molecular formula is C8H8BrN3S. The molecule has 68 valence electrons. The number of fused-ring (bicyclic) bond motifs is 1. The van der Waals surface area contributed by atoms with Gasteiger partial charge in [-0.25, -0.2) is 0 Å². The lowest BCUT2D eigenvalue weighted by molar-refractivity contribution is 0.978. The monoisotopic (exact) mass is 257 g/mol. The second-order valence-corrected chi connectivity index (χ2v) is 4.27. The van der Waals surface area contributed by atoms with Crippen LogP contribution in [0.2, 0.25) is 0 Å². The molecule has 0 aromatic carbocycles. The number of aromatic nitrogens is 3. The quantitative estimate of drug-likeness (QED) is 0.774. The third-order valence-corrected chi connectivity index (χ3v) is 2.89. The summed E-state index contributed by atoms with van der Waals surface area (Å²) in [6.07, 6.45) is 2.05. The summed E-state index contributed by atoms with van der Waals surface area (Å²) in [5.41, 5.74) is 0.887. The van der Waals surface area contributed by atoms with Crippen LogP contribution < -0.4 is 0 Å². The Kier molecular flexibility index (Phi) is 2.55. The third-order valence-electron chi connectivity index (χ3n) is 1.72. The molecule has 3 nitrogen and oxygen atoms in total. The van der Waals surface area contributed by atoms with Gasteiger partial charge in [-0.3, -0.25) is 4.40 Å². The third kappa shape index (κ3) is 1.58. The summed E-state index contributed by atoms with van der Waals surface area (Å²) in [5.74, 6) is 1.86. The number of hydrogen-bond acceptors (Lipinski definition) is 3. The molecule has 0 spiro atoms. The van der Waals surface area contributed by atoms with E-state index >= 15 is 0 Å². The Labute approximate surface area is 88.7 Å². The Balaban J connectivity index is 2.64. The number of rotatable bonds is 2. The Bertz CT molecular complexity index is 426. The molecule has 0 N–H and O–H groups in total. The van der Waals surface area contributed by atoms with Gasteiger partial charge in [-0.15, -0.1) is 10.2 Å². The average molecular weight is 258 g/mol. The van der Waals surface area contributed by atoms with Crippen molar-refractivity contribution in [3.63, 3.8) is 0 Å². The van der Waals surface area contributed by atoms with E-state index in [1.165, 1.54) is 0 Å². The maximum atomic E-state index is 4.11. The average Bonchev–Trinajstić information content (AvgIpc) is 2.51. The van der Waals surface area contributed by atoms with Crippen LogP contribution in [0.15, 0.2) is 22.8 Å². The minimum Gasteiger partial charge on any atom is -0.272 e. The first kappa shape index (κ1) is 9.02. The van der Waals surface area contributed by atoms with Gasteiger partial charge in [0.15, 0.2) is 5.65 Å². The maximum absolute atomic E-state index is 4.11. The topological polar surface area (TPSA) is 30.2 Å². The second kappa shape index (κ2) is 3.67. The highest BCUT2D eigenvalue weighted by Gasteiger charge is 2.05. The molecule has 5 heteroatoms. The van der Waals surface area contributed by atoms with Crippen molar-refractivity contribution in [3.8, 4) is 0 Å². The number of nitrogens with zero attached hydrogens (tertiary/aromatic N) is 3. The number of pyridine rings is 1. The lowest BCUT2D eigenvalue weighted by Crippen LogP contribution is -1.93. The highest BCUT2D eigenvalue weighted by molar-refractivity contribution is 9.10. The Morgan fingerprint density at radius 1 is 1.46 bits per heavy atom. The van der Waals surface area contributed by atoms with E-state index in [1.54, 1.807) is 11.8 Å². The summed E-state index contributed by atoms with van der Waals surface area (Å²) in [5, 5.41) is 8.18. The summed E-state index contributed by atoms with van der Waals surface area (Å²) < 4.78 is 3.01. The van der Waals surface area contributed by atoms with Crippen LogP contribution in [0.25, 0.3) is 5.65 Å². The summed E-state index contributed by atoms with van der Waals surface area (Å²) in [4.78, 5) is 0. The second-order valence-electron chi connectivity index (χ2n) is 2.59. The van der Waals surface area contributed by atoms with Gasteiger partial charge in [0, 0.05) is 0 Å². The SMILES string of the molecule is CSCc1nnc2cccc(Br)n12. The van der Waals surface area contributed by atoms with Gasteiger partial charge in [0.05, 0.1) is 10.4 Å². The molecule has 13 heavy (non-hydrogen) atoms. The van der Waals surface area contributed by atoms with E-state index in [0.717, 1.165) is 21.8 Å². The van der Waals surface area contributed by atoms with Gasteiger partial charge in [0.25, 0.3) is 0 Å². The standard InChI is InChI=1S/C8H8BrN3S/c1-13-5-8-11-10-7-4-2-3-6(9)12(7)8/h2-4H,5H2,1H3. The molecule has 0 aliphatic carbocycles. The van der Waals surface area contributed by atoms with Gasteiger partial charge >= 0.3 is 0 Å². The molecule has 0 amide bonds. The Morgan fingerprint density at radius 2 is 2.31 bits per heavy atom. The molecule has 0 saturated carbocycles. The number of thioether (sulfide) groups is 1. The van der Waals surface area contributed by atoms with E-state index in [4.69, 9.17) is 0 Å². The Hall–Kier alpha value is -0.550. The minimum absolute atomic E-state index is 0.879. The van der Waals surface area contributed by atoms with E-state index in [0.29, 0.717) is 0 Å². The molecule has 2 rings (SSSR count). The van der Waals surface area contributed by atoms with Gasteiger partial charge in [0.2, 0.25) is 0 Å². The molecule has 0 radical (unpaired) electrons. The van der Waals surface area contributed by atoms with Gasteiger partial charge in [0.1, 0.15) is 5.82 Å². The molecule has 0 atom stereocenters. The molecule has 0 aliphatic heterocycles. The van der Waals surface area contributed by atoms with Gasteiger partial charge in [-0.2, -0.15) is 11.8 Å². The number of hydrogen-bond donors (Lipinski definition) is 0. The first-order chi connectivity index (χ1) is 6.33. The van der Waals surface area contributed by atoms with Crippen molar-refractivity contribution >= 4 is 33.3 Å². The first-order valence-corrected chi connectivity index (χ1v) is 5.99. The van der Waals surface area contributed by atoms with Crippen molar-refractivity contribution in [2.75, 3.05) is 6.26 Å². The molecule has 0 unspecified atom stereocenters. The van der Waals surface area contributed by atoms with E-state index in [9.17, 15) is 0 Å². The van der Waals surface area contributed by atoms with E-state index in [-0.39, 0.29) is 0 Å². The fourth-order valence-corrected chi connectivity index (χ4v) is 2.17. The number of halogens is 1. The summed E-state index contributed by atoms with van der Waals surface area (Å²) >= 11 is 5.21. The van der Waals surface area contributed by atoms with Crippen molar-refractivity contribution in [3.05, 3.63) is 28.6 Å². The maximum Gasteiger partial charge on any atom is 0.161 e. The van der Waals surface area contributed by atoms with Crippen molar-refractivity contribution in [1.29, 1.82) is 0 Å². The molecule has 0 aliphatic rings. The van der Waals surface area contributed by atoms with Crippen LogP contribution in [0.3, 0.4) is 0 Å². The van der Waals surface area contributed by atoms with E-state index in [2.05, 4.69) is 32.4 Å². The van der Waals surface area contributed by atoms with E-state index in [1.807, 2.05) is 22.6 Å². The molecule has 2 aromatic heterocycles. The molecule has 0 saturated heterocycles. The van der Waals surface area contributed by atoms with Crippen LogP contribution in [-0.4, -0.2) is 20.9 Å². The molecule has 0 bridgehead atoms. The zero-order valence-electron chi connectivity index (χ0n) is 7.07. The van der Waals surface area contributed by atoms with Crippen LogP contribution in [0.5, 0.6) is 0 Å². The normalized spacial score (nSPS) is 10.9. The largest absolute Gasteiger partial charge is 0.272 e. The summed E-state index contributed by atoms with van der Waals surface area (Å²) in [6.45, 7) is 0. The van der Waals surface area contributed by atoms with E-state index < -0.39 is 0 Å². The van der Waals surface area contributed by atoms with Crippen LogP contribution >= 0.6 is 27.7 Å². The zero-order chi connectivity index (χ0) is 9.26. The van der Waals surface area contributed by atoms with Crippen molar-refractivity contribution in [2.24, 2.45) is 0 Å². The minimum atomic E-state index is 0.879. The highest BCUT2D eigenvalue weighted by atomic mass is 79.9. The highest BCUT2D eigenvalue weighted by Crippen LogP contribution is 2.16. The summed E-state index contributed by atoms with van der Waals surface area (Å²) in [7, 11) is 0.